The molecule has 0 aliphatic carbocycles. The van der Waals surface area contributed by atoms with Crippen LogP contribution in [0.3, 0.4) is 0 Å². The highest BCUT2D eigenvalue weighted by atomic mass is 19.1. The summed E-state index contributed by atoms with van der Waals surface area (Å²) < 4.78 is 26.5. The molecule has 0 radical (unpaired) electrons. The normalized spacial score (nSPS) is 14.0. The largest absolute Gasteiger partial charge is 0.322 e. The summed E-state index contributed by atoms with van der Waals surface area (Å²) in [5.74, 6) is -1.17. The van der Waals surface area contributed by atoms with E-state index in [9.17, 15) is 8.78 Å². The molecule has 0 saturated carbocycles. The third-order valence-corrected chi connectivity index (χ3v) is 3.53. The summed E-state index contributed by atoms with van der Waals surface area (Å²) >= 11 is 0. The molecule has 0 amide bonds. The third-order valence-electron chi connectivity index (χ3n) is 3.53. The molecule has 0 saturated heterocycles. The van der Waals surface area contributed by atoms with Gasteiger partial charge in [0.15, 0.2) is 0 Å². The van der Waals surface area contributed by atoms with Gasteiger partial charge in [-0.1, -0.05) is 30.3 Å². The van der Waals surface area contributed by atoms with Crippen LogP contribution in [0.15, 0.2) is 48.5 Å². The van der Waals surface area contributed by atoms with Gasteiger partial charge in [-0.15, -0.1) is 0 Å². The van der Waals surface area contributed by atoms with Gasteiger partial charge in [0.2, 0.25) is 0 Å². The number of nitrogens with two attached hydrogens (primary N) is 1. The monoisotopic (exact) mass is 275 g/mol. The second-order valence-electron chi connectivity index (χ2n) is 5.41. The van der Waals surface area contributed by atoms with Crippen LogP contribution in [0.5, 0.6) is 0 Å². The SMILES string of the molecule is CC(N)(CCCc1ccccc1)c1cc(F)cc(F)c1. The van der Waals surface area contributed by atoms with Crippen LogP contribution in [0.4, 0.5) is 8.78 Å². The fourth-order valence-corrected chi connectivity index (χ4v) is 2.33. The van der Waals surface area contributed by atoms with Crippen molar-refractivity contribution in [3.8, 4) is 0 Å². The van der Waals surface area contributed by atoms with Gasteiger partial charge in [-0.3, -0.25) is 0 Å². The molecule has 1 nitrogen and oxygen atoms in total. The maximum Gasteiger partial charge on any atom is 0.126 e. The third kappa shape index (κ3) is 3.87. The molecular formula is C17H19F2N. The number of hydrogen-bond acceptors (Lipinski definition) is 1. The number of aryl methyl sites for hydroxylation is 1. The zero-order valence-corrected chi connectivity index (χ0v) is 11.6. The van der Waals surface area contributed by atoms with E-state index in [1.54, 1.807) is 0 Å². The molecule has 2 rings (SSSR count). The highest BCUT2D eigenvalue weighted by molar-refractivity contribution is 5.25. The predicted molar refractivity (Wildman–Crippen MR) is 77.3 cm³/mol. The second kappa shape index (κ2) is 6.14. The maximum absolute atomic E-state index is 13.2. The molecule has 0 aliphatic rings. The van der Waals surface area contributed by atoms with E-state index in [0.29, 0.717) is 12.0 Å². The molecule has 106 valence electrons. The van der Waals surface area contributed by atoms with E-state index in [2.05, 4.69) is 12.1 Å². The van der Waals surface area contributed by atoms with Crippen LogP contribution in [0.25, 0.3) is 0 Å². The van der Waals surface area contributed by atoms with Crippen molar-refractivity contribution in [1.29, 1.82) is 0 Å². The van der Waals surface area contributed by atoms with Crippen LogP contribution < -0.4 is 5.73 Å². The summed E-state index contributed by atoms with van der Waals surface area (Å²) in [4.78, 5) is 0. The highest BCUT2D eigenvalue weighted by Crippen LogP contribution is 2.25. The second-order valence-corrected chi connectivity index (χ2v) is 5.41. The number of rotatable bonds is 5. The molecule has 0 spiro atoms. The van der Waals surface area contributed by atoms with Crippen molar-refractivity contribution in [2.45, 2.75) is 31.7 Å². The Bertz CT molecular complexity index is 544. The lowest BCUT2D eigenvalue weighted by Crippen LogP contribution is -2.33. The Hall–Kier alpha value is -1.74. The van der Waals surface area contributed by atoms with E-state index >= 15 is 0 Å². The van der Waals surface area contributed by atoms with Crippen molar-refractivity contribution in [3.05, 3.63) is 71.3 Å². The van der Waals surface area contributed by atoms with Crippen molar-refractivity contribution < 1.29 is 8.78 Å². The first-order valence-corrected chi connectivity index (χ1v) is 6.77. The Labute approximate surface area is 118 Å². The van der Waals surface area contributed by atoms with Gasteiger partial charge in [0, 0.05) is 11.6 Å². The van der Waals surface area contributed by atoms with Crippen molar-refractivity contribution >= 4 is 0 Å². The molecule has 2 aromatic rings. The fraction of sp³-hybridized carbons (Fsp3) is 0.294. The van der Waals surface area contributed by atoms with Crippen LogP contribution in [0.2, 0.25) is 0 Å². The van der Waals surface area contributed by atoms with Crippen molar-refractivity contribution in [2.24, 2.45) is 5.73 Å². The molecular weight excluding hydrogens is 256 g/mol. The quantitative estimate of drug-likeness (QED) is 0.871. The van der Waals surface area contributed by atoms with E-state index in [0.717, 1.165) is 18.9 Å². The maximum atomic E-state index is 13.2. The minimum absolute atomic E-state index is 0.503. The standard InChI is InChI=1S/C17H19F2N/c1-17(20,14-10-15(18)12-16(19)11-14)9-5-8-13-6-3-2-4-7-13/h2-4,6-7,10-12H,5,8-9,20H2,1H3. The average molecular weight is 275 g/mol. The summed E-state index contributed by atoms with van der Waals surface area (Å²) in [5, 5.41) is 0. The minimum Gasteiger partial charge on any atom is -0.322 e. The summed E-state index contributed by atoms with van der Waals surface area (Å²) in [6.45, 7) is 1.81. The Morgan fingerprint density at radius 3 is 2.20 bits per heavy atom. The van der Waals surface area contributed by atoms with Crippen LogP contribution in [0.1, 0.15) is 30.9 Å². The topological polar surface area (TPSA) is 26.0 Å². The van der Waals surface area contributed by atoms with Crippen molar-refractivity contribution in [2.75, 3.05) is 0 Å². The Morgan fingerprint density at radius 1 is 1.00 bits per heavy atom. The molecule has 20 heavy (non-hydrogen) atoms. The average Bonchev–Trinajstić information content (AvgIpc) is 2.38. The van der Waals surface area contributed by atoms with Gasteiger partial charge in [0.05, 0.1) is 0 Å². The Kier molecular flexibility index (Phi) is 4.50. The lowest BCUT2D eigenvalue weighted by atomic mass is 9.87. The molecule has 2 aromatic carbocycles. The predicted octanol–water partition coefficient (Wildman–Crippen LogP) is 4.16. The molecule has 2 N–H and O–H groups in total. The van der Waals surface area contributed by atoms with Crippen molar-refractivity contribution in [3.63, 3.8) is 0 Å². The van der Waals surface area contributed by atoms with Gasteiger partial charge >= 0.3 is 0 Å². The minimum atomic E-state index is -0.724. The van der Waals surface area contributed by atoms with Crippen LogP contribution in [0, 0.1) is 11.6 Å². The van der Waals surface area contributed by atoms with E-state index < -0.39 is 17.2 Å². The zero-order valence-electron chi connectivity index (χ0n) is 11.6. The van der Waals surface area contributed by atoms with Gasteiger partial charge in [-0.05, 0) is 49.4 Å². The number of hydrogen-bond donors (Lipinski definition) is 1. The van der Waals surface area contributed by atoms with Gasteiger partial charge in [-0.2, -0.15) is 0 Å². The lowest BCUT2D eigenvalue weighted by molar-refractivity contribution is 0.429. The molecule has 0 bridgehead atoms. The molecule has 0 aliphatic heterocycles. The lowest BCUT2D eigenvalue weighted by Gasteiger charge is -2.25. The summed E-state index contributed by atoms with van der Waals surface area (Å²) in [6.07, 6.45) is 2.45. The first kappa shape index (κ1) is 14.7. The van der Waals surface area contributed by atoms with E-state index in [-0.39, 0.29) is 0 Å². The fourth-order valence-electron chi connectivity index (χ4n) is 2.33. The molecule has 3 heteroatoms. The summed E-state index contributed by atoms with van der Waals surface area (Å²) in [7, 11) is 0. The van der Waals surface area contributed by atoms with E-state index in [1.165, 1.54) is 17.7 Å². The van der Waals surface area contributed by atoms with Crippen LogP contribution in [-0.4, -0.2) is 0 Å². The number of halogens is 2. The van der Waals surface area contributed by atoms with E-state index in [1.807, 2.05) is 25.1 Å². The van der Waals surface area contributed by atoms with Gasteiger partial charge in [-0.25, -0.2) is 8.78 Å². The van der Waals surface area contributed by atoms with Gasteiger partial charge < -0.3 is 5.73 Å². The Morgan fingerprint density at radius 2 is 1.60 bits per heavy atom. The smallest absolute Gasteiger partial charge is 0.126 e. The zero-order chi connectivity index (χ0) is 14.6. The molecule has 1 atom stereocenters. The van der Waals surface area contributed by atoms with Crippen molar-refractivity contribution in [1.82, 2.24) is 0 Å². The van der Waals surface area contributed by atoms with Crippen LogP contribution >= 0.6 is 0 Å². The first-order chi connectivity index (χ1) is 9.47. The molecule has 1 unspecified atom stereocenters. The first-order valence-electron chi connectivity index (χ1n) is 6.77. The molecule has 0 fully saturated rings. The van der Waals surface area contributed by atoms with E-state index in [4.69, 9.17) is 5.73 Å². The summed E-state index contributed by atoms with van der Waals surface area (Å²) in [5.41, 5.74) is 7.23. The Balaban J connectivity index is 2.00. The van der Waals surface area contributed by atoms with Crippen LogP contribution in [-0.2, 0) is 12.0 Å². The van der Waals surface area contributed by atoms with Gasteiger partial charge in [0.1, 0.15) is 11.6 Å². The number of benzene rings is 2. The van der Waals surface area contributed by atoms with Gasteiger partial charge in [0.25, 0.3) is 0 Å². The highest BCUT2D eigenvalue weighted by Gasteiger charge is 2.22. The summed E-state index contributed by atoms with van der Waals surface area (Å²) in [6, 6.07) is 13.6. The molecule has 0 heterocycles. The molecule has 0 aromatic heterocycles.